The highest BCUT2D eigenvalue weighted by atomic mass is 16.5. The molecule has 0 saturated heterocycles. The molecule has 0 aromatic heterocycles. The predicted molar refractivity (Wildman–Crippen MR) is 98.5 cm³/mol. The van der Waals surface area contributed by atoms with Gasteiger partial charge in [0.05, 0.1) is 7.11 Å². The highest BCUT2D eigenvalue weighted by Crippen LogP contribution is 2.17. The number of amides is 1. The smallest absolute Gasteiger partial charge is 0.222 e. The third kappa shape index (κ3) is 5.30. The molecule has 24 heavy (non-hydrogen) atoms. The molecule has 0 fully saturated rings. The number of para-hydroxylation sites is 1. The maximum atomic E-state index is 12.0. The number of hydrogen-bond acceptors (Lipinski definition) is 3. The fourth-order valence-corrected chi connectivity index (χ4v) is 2.44. The third-order valence-electron chi connectivity index (χ3n) is 3.93. The molecule has 0 saturated carbocycles. The van der Waals surface area contributed by atoms with Crippen molar-refractivity contribution in [2.24, 2.45) is 0 Å². The number of carbonyl (C=O) groups excluding carboxylic acids is 1. The van der Waals surface area contributed by atoms with Crippen LogP contribution >= 0.6 is 0 Å². The van der Waals surface area contributed by atoms with Gasteiger partial charge in [0, 0.05) is 30.8 Å². The van der Waals surface area contributed by atoms with Crippen LogP contribution in [0.5, 0.6) is 5.75 Å². The minimum Gasteiger partial charge on any atom is -0.496 e. The zero-order valence-electron chi connectivity index (χ0n) is 14.6. The summed E-state index contributed by atoms with van der Waals surface area (Å²) in [6.07, 6.45) is 0.432. The molecule has 0 heterocycles. The first-order valence-electron chi connectivity index (χ1n) is 8.32. The fraction of sp³-hybridized carbons (Fsp3) is 0.350. The molecular weight excluding hydrogens is 300 g/mol. The molecule has 0 aliphatic rings. The van der Waals surface area contributed by atoms with Crippen LogP contribution < -0.4 is 15.4 Å². The van der Waals surface area contributed by atoms with Crippen LogP contribution in [-0.4, -0.2) is 19.6 Å². The number of methoxy groups -OCH3 is 1. The lowest BCUT2D eigenvalue weighted by atomic mass is 10.0. The molecule has 0 aliphatic carbocycles. The minimum absolute atomic E-state index is 0.0206. The number of anilines is 1. The SMILES string of the molecule is COc1ccccc1CNC(=O)CCNc1ccc(C(C)C)cc1. The summed E-state index contributed by atoms with van der Waals surface area (Å²) in [5.74, 6) is 1.34. The van der Waals surface area contributed by atoms with Crippen molar-refractivity contribution in [3.05, 3.63) is 59.7 Å². The van der Waals surface area contributed by atoms with Gasteiger partial charge in [-0.3, -0.25) is 4.79 Å². The van der Waals surface area contributed by atoms with Gasteiger partial charge in [0.15, 0.2) is 0 Å². The Balaban J connectivity index is 1.73. The second kappa shape index (κ2) is 8.96. The van der Waals surface area contributed by atoms with Crippen molar-refractivity contribution in [1.82, 2.24) is 5.32 Å². The molecule has 0 spiro atoms. The highest BCUT2D eigenvalue weighted by Gasteiger charge is 2.05. The van der Waals surface area contributed by atoms with Crippen molar-refractivity contribution in [1.29, 1.82) is 0 Å². The summed E-state index contributed by atoms with van der Waals surface area (Å²) in [4.78, 5) is 12.0. The Labute approximate surface area is 144 Å². The molecule has 0 atom stereocenters. The standard InChI is InChI=1S/C20H26N2O2/c1-15(2)16-8-10-18(11-9-16)21-13-12-20(23)22-14-17-6-4-5-7-19(17)24-3/h4-11,15,21H,12-14H2,1-3H3,(H,22,23). The quantitative estimate of drug-likeness (QED) is 0.772. The summed E-state index contributed by atoms with van der Waals surface area (Å²) >= 11 is 0. The van der Waals surface area contributed by atoms with E-state index in [2.05, 4.69) is 48.7 Å². The molecule has 0 unspecified atom stereocenters. The number of benzene rings is 2. The van der Waals surface area contributed by atoms with E-state index < -0.39 is 0 Å². The van der Waals surface area contributed by atoms with Crippen molar-refractivity contribution in [3.63, 3.8) is 0 Å². The number of rotatable bonds is 8. The molecule has 2 rings (SSSR count). The van der Waals surface area contributed by atoms with Crippen LogP contribution in [0.25, 0.3) is 0 Å². The topological polar surface area (TPSA) is 50.4 Å². The Hall–Kier alpha value is -2.49. The first kappa shape index (κ1) is 17.9. The Morgan fingerprint density at radius 3 is 2.46 bits per heavy atom. The van der Waals surface area contributed by atoms with E-state index in [-0.39, 0.29) is 5.91 Å². The molecule has 2 N–H and O–H groups in total. The normalized spacial score (nSPS) is 10.5. The molecule has 2 aromatic rings. The van der Waals surface area contributed by atoms with E-state index in [1.165, 1.54) is 5.56 Å². The van der Waals surface area contributed by atoms with E-state index in [1.54, 1.807) is 7.11 Å². The van der Waals surface area contributed by atoms with Crippen LogP contribution in [0.15, 0.2) is 48.5 Å². The van der Waals surface area contributed by atoms with Crippen LogP contribution in [0.3, 0.4) is 0 Å². The minimum atomic E-state index is 0.0206. The summed E-state index contributed by atoms with van der Waals surface area (Å²) in [5, 5.41) is 6.20. The zero-order chi connectivity index (χ0) is 17.4. The van der Waals surface area contributed by atoms with Crippen LogP contribution in [0.2, 0.25) is 0 Å². The van der Waals surface area contributed by atoms with Crippen LogP contribution in [-0.2, 0) is 11.3 Å². The van der Waals surface area contributed by atoms with Gasteiger partial charge in [-0.15, -0.1) is 0 Å². The second-order valence-corrected chi connectivity index (χ2v) is 6.04. The summed E-state index contributed by atoms with van der Waals surface area (Å²) < 4.78 is 5.28. The Bertz CT molecular complexity index is 651. The van der Waals surface area contributed by atoms with Gasteiger partial charge in [-0.25, -0.2) is 0 Å². The number of nitrogens with one attached hydrogen (secondary N) is 2. The lowest BCUT2D eigenvalue weighted by Crippen LogP contribution is -2.25. The lowest BCUT2D eigenvalue weighted by molar-refractivity contribution is -0.121. The van der Waals surface area contributed by atoms with Crippen molar-refractivity contribution in [2.45, 2.75) is 32.7 Å². The molecule has 0 radical (unpaired) electrons. The largest absolute Gasteiger partial charge is 0.496 e. The van der Waals surface area contributed by atoms with Gasteiger partial charge in [0.1, 0.15) is 5.75 Å². The maximum absolute atomic E-state index is 12.0. The van der Waals surface area contributed by atoms with E-state index in [0.29, 0.717) is 25.4 Å². The fourth-order valence-electron chi connectivity index (χ4n) is 2.44. The van der Waals surface area contributed by atoms with Gasteiger partial charge in [-0.05, 0) is 29.7 Å². The average molecular weight is 326 g/mol. The number of ether oxygens (including phenoxy) is 1. The summed E-state index contributed by atoms with van der Waals surface area (Å²) in [6, 6.07) is 16.1. The van der Waals surface area contributed by atoms with Gasteiger partial charge in [-0.1, -0.05) is 44.2 Å². The molecular formula is C20H26N2O2. The van der Waals surface area contributed by atoms with E-state index >= 15 is 0 Å². The summed E-state index contributed by atoms with van der Waals surface area (Å²) in [5.41, 5.74) is 3.33. The average Bonchev–Trinajstić information content (AvgIpc) is 2.60. The zero-order valence-corrected chi connectivity index (χ0v) is 14.6. The van der Waals surface area contributed by atoms with Gasteiger partial charge in [-0.2, -0.15) is 0 Å². The van der Waals surface area contributed by atoms with Crippen LogP contribution in [0, 0.1) is 0 Å². The lowest BCUT2D eigenvalue weighted by Gasteiger charge is -2.11. The molecule has 0 aliphatic heterocycles. The first-order chi connectivity index (χ1) is 11.6. The van der Waals surface area contributed by atoms with Crippen LogP contribution in [0.4, 0.5) is 5.69 Å². The monoisotopic (exact) mass is 326 g/mol. The predicted octanol–water partition coefficient (Wildman–Crippen LogP) is 3.94. The van der Waals surface area contributed by atoms with E-state index in [4.69, 9.17) is 4.74 Å². The third-order valence-corrected chi connectivity index (χ3v) is 3.93. The summed E-state index contributed by atoms with van der Waals surface area (Å²) in [7, 11) is 1.63. The van der Waals surface area contributed by atoms with Gasteiger partial charge >= 0.3 is 0 Å². The molecule has 0 bridgehead atoms. The van der Waals surface area contributed by atoms with E-state index in [1.807, 2.05) is 24.3 Å². The van der Waals surface area contributed by atoms with Crippen molar-refractivity contribution >= 4 is 11.6 Å². The van der Waals surface area contributed by atoms with Gasteiger partial charge in [0.25, 0.3) is 0 Å². The van der Waals surface area contributed by atoms with Crippen LogP contribution in [0.1, 0.15) is 37.3 Å². The Kier molecular flexibility index (Phi) is 6.67. The van der Waals surface area contributed by atoms with E-state index in [9.17, 15) is 4.79 Å². The molecule has 2 aromatic carbocycles. The van der Waals surface area contributed by atoms with Crippen molar-refractivity contribution in [2.75, 3.05) is 19.0 Å². The Morgan fingerprint density at radius 1 is 1.08 bits per heavy atom. The van der Waals surface area contributed by atoms with E-state index in [0.717, 1.165) is 17.0 Å². The molecule has 128 valence electrons. The first-order valence-corrected chi connectivity index (χ1v) is 8.32. The van der Waals surface area contributed by atoms with Gasteiger partial charge in [0.2, 0.25) is 5.91 Å². The van der Waals surface area contributed by atoms with Crippen molar-refractivity contribution in [3.8, 4) is 5.75 Å². The number of hydrogen-bond donors (Lipinski definition) is 2. The molecule has 1 amide bonds. The Morgan fingerprint density at radius 2 is 1.79 bits per heavy atom. The van der Waals surface area contributed by atoms with Crippen molar-refractivity contribution < 1.29 is 9.53 Å². The maximum Gasteiger partial charge on any atom is 0.222 e. The number of carbonyl (C=O) groups is 1. The molecule has 4 nitrogen and oxygen atoms in total. The molecule has 4 heteroatoms. The van der Waals surface area contributed by atoms with Gasteiger partial charge < -0.3 is 15.4 Å². The summed E-state index contributed by atoms with van der Waals surface area (Å²) in [6.45, 7) is 5.44. The highest BCUT2D eigenvalue weighted by molar-refractivity contribution is 5.76. The second-order valence-electron chi connectivity index (χ2n) is 6.04.